The molecule has 2 N–H and O–H groups in total. The highest BCUT2D eigenvalue weighted by atomic mass is 16.5. The third-order valence-electron chi connectivity index (χ3n) is 3.27. The van der Waals surface area contributed by atoms with Gasteiger partial charge in [0.2, 0.25) is 0 Å². The van der Waals surface area contributed by atoms with Gasteiger partial charge in [-0.05, 0) is 31.9 Å². The van der Waals surface area contributed by atoms with Crippen molar-refractivity contribution in [1.82, 2.24) is 10.6 Å². The van der Waals surface area contributed by atoms with Gasteiger partial charge in [0.1, 0.15) is 5.75 Å². The van der Waals surface area contributed by atoms with E-state index in [1.54, 1.807) is 0 Å². The lowest BCUT2D eigenvalue weighted by atomic mass is 10.0. The van der Waals surface area contributed by atoms with E-state index in [9.17, 15) is 4.79 Å². The van der Waals surface area contributed by atoms with Crippen LogP contribution >= 0.6 is 0 Å². The van der Waals surface area contributed by atoms with Crippen LogP contribution < -0.4 is 15.4 Å². The van der Waals surface area contributed by atoms with Crippen LogP contribution in [-0.4, -0.2) is 25.6 Å². The fourth-order valence-corrected chi connectivity index (χ4v) is 2.15. The predicted molar refractivity (Wildman–Crippen MR) is 86.6 cm³/mol. The van der Waals surface area contributed by atoms with E-state index in [0.717, 1.165) is 37.1 Å². The number of ether oxygens (including phenoxy) is 1. The van der Waals surface area contributed by atoms with Gasteiger partial charge in [0.25, 0.3) is 5.91 Å². The Balaban J connectivity index is 2.67. The largest absolute Gasteiger partial charge is 0.483 e. The van der Waals surface area contributed by atoms with Crippen LogP contribution in [0.2, 0.25) is 0 Å². The molecule has 118 valence electrons. The number of carbonyl (C=O) groups excluding carboxylic acids is 1. The third kappa shape index (κ3) is 6.17. The summed E-state index contributed by atoms with van der Waals surface area (Å²) in [6.45, 7) is 8.07. The molecule has 1 amide bonds. The van der Waals surface area contributed by atoms with Crippen molar-refractivity contribution in [3.63, 3.8) is 0 Å². The summed E-state index contributed by atoms with van der Waals surface area (Å²) in [5, 5.41) is 6.34. The van der Waals surface area contributed by atoms with Crippen LogP contribution in [0.3, 0.4) is 0 Å². The zero-order valence-corrected chi connectivity index (χ0v) is 13.4. The summed E-state index contributed by atoms with van der Waals surface area (Å²) in [7, 11) is 0. The molecule has 1 aromatic rings. The number of benzene rings is 1. The standard InChI is InChI=1S/C17H28N2O2/c1-4-11-18-15(6-3)14-9-7-8-10-16(14)21-13-17(20)19-12-5-2/h7-10,15,18H,4-6,11-13H2,1-3H3,(H,19,20). The Morgan fingerprint density at radius 2 is 1.86 bits per heavy atom. The average molecular weight is 292 g/mol. The lowest BCUT2D eigenvalue weighted by molar-refractivity contribution is -0.123. The molecule has 0 bridgehead atoms. The number of amides is 1. The van der Waals surface area contributed by atoms with Crippen LogP contribution in [0.1, 0.15) is 51.6 Å². The molecule has 0 spiro atoms. The first-order valence-corrected chi connectivity index (χ1v) is 7.94. The third-order valence-corrected chi connectivity index (χ3v) is 3.27. The van der Waals surface area contributed by atoms with E-state index in [-0.39, 0.29) is 18.6 Å². The van der Waals surface area contributed by atoms with Crippen LogP contribution in [0, 0.1) is 0 Å². The number of hydrogen-bond acceptors (Lipinski definition) is 3. The molecule has 0 saturated heterocycles. The van der Waals surface area contributed by atoms with Crippen LogP contribution in [0.5, 0.6) is 5.75 Å². The smallest absolute Gasteiger partial charge is 0.257 e. The molecule has 0 saturated carbocycles. The van der Waals surface area contributed by atoms with Gasteiger partial charge >= 0.3 is 0 Å². The molecule has 1 rings (SSSR count). The predicted octanol–water partition coefficient (Wildman–Crippen LogP) is 3.04. The quantitative estimate of drug-likeness (QED) is 0.697. The zero-order chi connectivity index (χ0) is 15.5. The number of carbonyl (C=O) groups is 1. The Kier molecular flexibility index (Phi) is 8.51. The summed E-state index contributed by atoms with van der Waals surface area (Å²) in [4.78, 5) is 11.6. The topological polar surface area (TPSA) is 50.4 Å². The van der Waals surface area contributed by atoms with E-state index in [2.05, 4.69) is 30.5 Å². The fourth-order valence-electron chi connectivity index (χ4n) is 2.15. The highest BCUT2D eigenvalue weighted by molar-refractivity contribution is 5.77. The Bertz CT molecular complexity index is 421. The zero-order valence-electron chi connectivity index (χ0n) is 13.4. The van der Waals surface area contributed by atoms with Gasteiger partial charge < -0.3 is 15.4 Å². The molecule has 0 aliphatic rings. The Hall–Kier alpha value is -1.55. The maximum Gasteiger partial charge on any atom is 0.257 e. The van der Waals surface area contributed by atoms with Gasteiger partial charge in [-0.25, -0.2) is 0 Å². The average Bonchev–Trinajstić information content (AvgIpc) is 2.52. The number of nitrogens with one attached hydrogen (secondary N) is 2. The second-order valence-corrected chi connectivity index (χ2v) is 5.09. The summed E-state index contributed by atoms with van der Waals surface area (Å²) < 4.78 is 5.71. The summed E-state index contributed by atoms with van der Waals surface area (Å²) in [5.74, 6) is 0.723. The molecule has 1 atom stereocenters. The molecule has 0 aromatic heterocycles. The van der Waals surface area contributed by atoms with Crippen LogP contribution in [0.4, 0.5) is 0 Å². The number of hydrogen-bond donors (Lipinski definition) is 2. The van der Waals surface area contributed by atoms with Gasteiger partial charge in [-0.3, -0.25) is 4.79 Å². The van der Waals surface area contributed by atoms with Crippen molar-refractivity contribution < 1.29 is 9.53 Å². The lowest BCUT2D eigenvalue weighted by Gasteiger charge is -2.20. The van der Waals surface area contributed by atoms with Crippen molar-refractivity contribution in [2.24, 2.45) is 0 Å². The van der Waals surface area contributed by atoms with Crippen LogP contribution in [0.15, 0.2) is 24.3 Å². The molecule has 4 heteroatoms. The normalized spacial score (nSPS) is 12.0. The highest BCUT2D eigenvalue weighted by Gasteiger charge is 2.14. The van der Waals surface area contributed by atoms with Crippen molar-refractivity contribution in [3.05, 3.63) is 29.8 Å². The van der Waals surface area contributed by atoms with E-state index < -0.39 is 0 Å². The first-order chi connectivity index (χ1) is 10.2. The second kappa shape index (κ2) is 10.2. The van der Waals surface area contributed by atoms with Crippen molar-refractivity contribution in [2.45, 2.75) is 46.1 Å². The van der Waals surface area contributed by atoms with Gasteiger partial charge in [-0.15, -0.1) is 0 Å². The monoisotopic (exact) mass is 292 g/mol. The molecule has 0 radical (unpaired) electrons. The lowest BCUT2D eigenvalue weighted by Crippen LogP contribution is -2.30. The Morgan fingerprint density at radius 3 is 2.52 bits per heavy atom. The van der Waals surface area contributed by atoms with Crippen LogP contribution in [0.25, 0.3) is 0 Å². The van der Waals surface area contributed by atoms with E-state index in [4.69, 9.17) is 4.74 Å². The highest BCUT2D eigenvalue weighted by Crippen LogP contribution is 2.27. The first-order valence-electron chi connectivity index (χ1n) is 7.94. The van der Waals surface area contributed by atoms with Crippen molar-refractivity contribution in [3.8, 4) is 5.75 Å². The minimum absolute atomic E-state index is 0.0683. The molecule has 0 fully saturated rings. The van der Waals surface area contributed by atoms with Gasteiger partial charge in [-0.1, -0.05) is 39.0 Å². The molecule has 0 aliphatic carbocycles. The number of rotatable bonds is 10. The number of para-hydroxylation sites is 1. The molecule has 21 heavy (non-hydrogen) atoms. The van der Waals surface area contributed by atoms with Crippen molar-refractivity contribution in [1.29, 1.82) is 0 Å². The van der Waals surface area contributed by atoms with Crippen molar-refractivity contribution in [2.75, 3.05) is 19.7 Å². The van der Waals surface area contributed by atoms with Gasteiger partial charge in [0.15, 0.2) is 6.61 Å². The summed E-state index contributed by atoms with van der Waals surface area (Å²) >= 11 is 0. The van der Waals surface area contributed by atoms with E-state index in [1.165, 1.54) is 0 Å². The van der Waals surface area contributed by atoms with E-state index in [0.29, 0.717) is 6.54 Å². The molecule has 1 unspecified atom stereocenters. The molecule has 1 aromatic carbocycles. The first kappa shape index (κ1) is 17.5. The van der Waals surface area contributed by atoms with E-state index >= 15 is 0 Å². The molecular weight excluding hydrogens is 264 g/mol. The van der Waals surface area contributed by atoms with Gasteiger partial charge in [-0.2, -0.15) is 0 Å². The minimum atomic E-state index is -0.0683. The Morgan fingerprint density at radius 1 is 1.14 bits per heavy atom. The van der Waals surface area contributed by atoms with E-state index in [1.807, 2.05) is 25.1 Å². The molecule has 0 heterocycles. The maximum absolute atomic E-state index is 11.6. The second-order valence-electron chi connectivity index (χ2n) is 5.09. The van der Waals surface area contributed by atoms with Crippen molar-refractivity contribution >= 4 is 5.91 Å². The molecular formula is C17H28N2O2. The molecule has 4 nitrogen and oxygen atoms in total. The fraction of sp³-hybridized carbons (Fsp3) is 0.588. The Labute approximate surface area is 128 Å². The van der Waals surface area contributed by atoms with Gasteiger partial charge in [0, 0.05) is 18.2 Å². The van der Waals surface area contributed by atoms with Gasteiger partial charge in [0.05, 0.1) is 0 Å². The summed E-state index contributed by atoms with van der Waals surface area (Å²) in [6, 6.07) is 8.21. The van der Waals surface area contributed by atoms with Crippen LogP contribution in [-0.2, 0) is 4.79 Å². The minimum Gasteiger partial charge on any atom is -0.483 e. The maximum atomic E-state index is 11.6. The summed E-state index contributed by atoms with van der Waals surface area (Å²) in [6.07, 6.45) is 3.02. The summed E-state index contributed by atoms with van der Waals surface area (Å²) in [5.41, 5.74) is 1.12. The molecule has 0 aliphatic heterocycles. The SMILES string of the molecule is CCCNC(=O)COc1ccccc1C(CC)NCCC.